The number of carbonyl (C=O) groups excluding carboxylic acids is 1. The van der Waals surface area contributed by atoms with E-state index in [0.717, 1.165) is 5.56 Å². The highest BCUT2D eigenvalue weighted by Crippen LogP contribution is 2.34. The Bertz CT molecular complexity index is 545. The summed E-state index contributed by atoms with van der Waals surface area (Å²) in [6.45, 7) is 5.96. The number of urea groups is 1. The van der Waals surface area contributed by atoms with Gasteiger partial charge in [-0.25, -0.2) is 4.79 Å². The van der Waals surface area contributed by atoms with Crippen LogP contribution >= 0.6 is 0 Å². The zero-order valence-corrected chi connectivity index (χ0v) is 14.8. The van der Waals surface area contributed by atoms with Crippen LogP contribution in [-0.4, -0.2) is 53.9 Å². The van der Waals surface area contributed by atoms with Crippen molar-refractivity contribution in [2.45, 2.75) is 26.7 Å². The lowest BCUT2D eigenvalue weighted by atomic mass is 9.75. The molecule has 0 bridgehead atoms. The third kappa shape index (κ3) is 5.53. The second kappa shape index (κ2) is 8.68. The van der Waals surface area contributed by atoms with E-state index in [1.54, 1.807) is 14.0 Å². The molecule has 0 radical (unpaired) electrons. The van der Waals surface area contributed by atoms with Crippen LogP contribution in [0, 0.1) is 11.3 Å². The zero-order valence-electron chi connectivity index (χ0n) is 14.8. The average Bonchev–Trinajstić information content (AvgIpc) is 2.55. The number of nitrogens with zero attached hydrogens (tertiary/aromatic N) is 1. The van der Waals surface area contributed by atoms with Crippen molar-refractivity contribution >= 4 is 12.0 Å². The van der Waals surface area contributed by atoms with E-state index >= 15 is 0 Å². The summed E-state index contributed by atoms with van der Waals surface area (Å²) in [6.07, 6.45) is 0. The van der Waals surface area contributed by atoms with E-state index < -0.39 is 17.3 Å². The van der Waals surface area contributed by atoms with Crippen molar-refractivity contribution in [2.24, 2.45) is 11.3 Å². The summed E-state index contributed by atoms with van der Waals surface area (Å²) >= 11 is 0. The van der Waals surface area contributed by atoms with Gasteiger partial charge < -0.3 is 20.4 Å². The second-order valence-corrected chi connectivity index (χ2v) is 6.92. The lowest BCUT2D eigenvalue weighted by Gasteiger charge is -2.34. The van der Waals surface area contributed by atoms with Gasteiger partial charge in [0, 0.05) is 32.7 Å². The van der Waals surface area contributed by atoms with Gasteiger partial charge >= 0.3 is 12.0 Å². The number of carboxylic acids is 1. The maximum atomic E-state index is 12.2. The third-order valence-corrected chi connectivity index (χ3v) is 4.33. The summed E-state index contributed by atoms with van der Waals surface area (Å²) in [5, 5.41) is 21.5. The van der Waals surface area contributed by atoms with Crippen molar-refractivity contribution in [1.82, 2.24) is 10.2 Å². The Labute approximate surface area is 143 Å². The molecule has 0 saturated carbocycles. The Morgan fingerprint density at radius 1 is 1.25 bits per heavy atom. The normalized spacial score (nSPS) is 13.9. The molecule has 3 N–H and O–H groups in total. The quantitative estimate of drug-likeness (QED) is 0.678. The SMILES string of the molecule is CC(CN(C)C(=O)NCC(c1ccccc1)C(C)(C)CO)C(=O)O. The first kappa shape index (κ1) is 20.0. The first-order chi connectivity index (χ1) is 11.2. The zero-order chi connectivity index (χ0) is 18.3. The van der Waals surface area contributed by atoms with Crippen LogP contribution in [0.2, 0.25) is 0 Å². The summed E-state index contributed by atoms with van der Waals surface area (Å²) in [4.78, 5) is 24.5. The molecule has 0 heterocycles. The lowest BCUT2D eigenvalue weighted by Crippen LogP contribution is -2.44. The number of aliphatic carboxylic acids is 1. The van der Waals surface area contributed by atoms with Crippen LogP contribution in [0.5, 0.6) is 0 Å². The molecule has 0 saturated heterocycles. The molecule has 134 valence electrons. The van der Waals surface area contributed by atoms with Crippen LogP contribution in [-0.2, 0) is 4.79 Å². The van der Waals surface area contributed by atoms with Crippen molar-refractivity contribution in [3.05, 3.63) is 35.9 Å². The molecule has 0 aromatic heterocycles. The van der Waals surface area contributed by atoms with Crippen molar-refractivity contribution in [2.75, 3.05) is 26.7 Å². The highest BCUT2D eigenvalue weighted by molar-refractivity contribution is 5.75. The highest BCUT2D eigenvalue weighted by atomic mass is 16.4. The van der Waals surface area contributed by atoms with Crippen LogP contribution in [0.15, 0.2) is 30.3 Å². The number of aliphatic hydroxyl groups is 1. The molecular weight excluding hydrogens is 308 g/mol. The monoisotopic (exact) mass is 336 g/mol. The van der Waals surface area contributed by atoms with Gasteiger partial charge in [-0.2, -0.15) is 0 Å². The van der Waals surface area contributed by atoms with Gasteiger partial charge in [0.05, 0.1) is 5.92 Å². The summed E-state index contributed by atoms with van der Waals surface area (Å²) in [7, 11) is 1.57. The van der Waals surface area contributed by atoms with Crippen LogP contribution in [0.4, 0.5) is 4.79 Å². The first-order valence-corrected chi connectivity index (χ1v) is 8.06. The van der Waals surface area contributed by atoms with Gasteiger partial charge in [-0.3, -0.25) is 4.79 Å². The minimum Gasteiger partial charge on any atom is -0.481 e. The summed E-state index contributed by atoms with van der Waals surface area (Å²) in [6, 6.07) is 9.41. The maximum absolute atomic E-state index is 12.2. The van der Waals surface area contributed by atoms with Gasteiger partial charge in [0.25, 0.3) is 0 Å². The maximum Gasteiger partial charge on any atom is 0.317 e. The number of carbonyl (C=O) groups is 2. The van der Waals surface area contributed by atoms with Gasteiger partial charge in [-0.05, 0) is 11.0 Å². The van der Waals surface area contributed by atoms with Crippen molar-refractivity contribution in [3.63, 3.8) is 0 Å². The first-order valence-electron chi connectivity index (χ1n) is 8.06. The predicted molar refractivity (Wildman–Crippen MR) is 92.9 cm³/mol. The topological polar surface area (TPSA) is 89.9 Å². The molecule has 2 amide bonds. The average molecular weight is 336 g/mol. The molecule has 1 aromatic carbocycles. The molecule has 0 aliphatic heterocycles. The van der Waals surface area contributed by atoms with E-state index in [1.165, 1.54) is 4.90 Å². The predicted octanol–water partition coefficient (Wildman–Crippen LogP) is 2.15. The van der Waals surface area contributed by atoms with Gasteiger partial charge in [0.2, 0.25) is 0 Å². The van der Waals surface area contributed by atoms with E-state index in [4.69, 9.17) is 5.11 Å². The fourth-order valence-corrected chi connectivity index (χ4v) is 2.54. The molecule has 1 aromatic rings. The number of rotatable bonds is 8. The third-order valence-electron chi connectivity index (χ3n) is 4.33. The molecular formula is C18H28N2O4. The Hall–Kier alpha value is -2.08. The van der Waals surface area contributed by atoms with Crippen molar-refractivity contribution in [1.29, 1.82) is 0 Å². The van der Waals surface area contributed by atoms with Gasteiger partial charge in [0.1, 0.15) is 0 Å². The van der Waals surface area contributed by atoms with Crippen molar-refractivity contribution in [3.8, 4) is 0 Å². The largest absolute Gasteiger partial charge is 0.481 e. The smallest absolute Gasteiger partial charge is 0.317 e. The fraction of sp³-hybridized carbons (Fsp3) is 0.556. The summed E-state index contributed by atoms with van der Waals surface area (Å²) < 4.78 is 0. The van der Waals surface area contributed by atoms with E-state index in [2.05, 4.69) is 5.32 Å². The van der Waals surface area contributed by atoms with E-state index in [1.807, 2.05) is 44.2 Å². The molecule has 0 aliphatic carbocycles. The molecule has 6 heteroatoms. The molecule has 0 aliphatic rings. The second-order valence-electron chi connectivity index (χ2n) is 6.92. The van der Waals surface area contributed by atoms with Crippen LogP contribution < -0.4 is 5.32 Å². The number of hydrogen-bond acceptors (Lipinski definition) is 3. The number of hydrogen-bond donors (Lipinski definition) is 3. The van der Waals surface area contributed by atoms with Gasteiger partial charge in [-0.1, -0.05) is 51.1 Å². The van der Waals surface area contributed by atoms with Crippen LogP contribution in [0.25, 0.3) is 0 Å². The number of aliphatic hydroxyl groups excluding tert-OH is 1. The Morgan fingerprint density at radius 3 is 2.33 bits per heavy atom. The van der Waals surface area contributed by atoms with E-state index in [-0.39, 0.29) is 25.1 Å². The molecule has 0 spiro atoms. The lowest BCUT2D eigenvalue weighted by molar-refractivity contribution is -0.141. The van der Waals surface area contributed by atoms with Gasteiger partial charge in [-0.15, -0.1) is 0 Å². The minimum absolute atomic E-state index is 0.00564. The van der Waals surface area contributed by atoms with Crippen molar-refractivity contribution < 1.29 is 19.8 Å². The molecule has 6 nitrogen and oxygen atoms in total. The summed E-state index contributed by atoms with van der Waals surface area (Å²) in [5.74, 6) is -1.62. The molecule has 2 unspecified atom stereocenters. The summed E-state index contributed by atoms with van der Waals surface area (Å²) in [5.41, 5.74) is 0.639. The van der Waals surface area contributed by atoms with E-state index in [9.17, 15) is 14.7 Å². The number of amides is 2. The standard InChI is InChI=1S/C18H28N2O4/c1-13(16(22)23)11-20(4)17(24)19-10-15(18(2,3)12-21)14-8-6-5-7-9-14/h5-9,13,15,21H,10-12H2,1-4H3,(H,19,24)(H,22,23). The van der Waals surface area contributed by atoms with Gasteiger partial charge in [0.15, 0.2) is 0 Å². The Kier molecular flexibility index (Phi) is 7.22. The number of benzene rings is 1. The molecule has 1 rings (SSSR count). The van der Waals surface area contributed by atoms with Crippen LogP contribution in [0.1, 0.15) is 32.3 Å². The minimum atomic E-state index is -0.932. The highest BCUT2D eigenvalue weighted by Gasteiger charge is 2.31. The van der Waals surface area contributed by atoms with E-state index in [0.29, 0.717) is 6.54 Å². The van der Waals surface area contributed by atoms with Crippen LogP contribution in [0.3, 0.4) is 0 Å². The number of nitrogens with one attached hydrogen (secondary N) is 1. The Balaban J connectivity index is 2.75. The fourth-order valence-electron chi connectivity index (χ4n) is 2.54. The molecule has 0 fully saturated rings. The molecule has 24 heavy (non-hydrogen) atoms. The molecule has 2 atom stereocenters. The number of carboxylic acid groups (broad SMARTS) is 1. The Morgan fingerprint density at radius 2 is 1.83 bits per heavy atom.